The molecule has 28 heavy (non-hydrogen) atoms. The molecule has 0 radical (unpaired) electrons. The number of likely N-dealkylation sites (tertiary alicyclic amines) is 2. The van der Waals surface area contributed by atoms with Gasteiger partial charge in [-0.15, -0.1) is 0 Å². The van der Waals surface area contributed by atoms with Gasteiger partial charge in [-0.25, -0.2) is 0 Å². The minimum Gasteiger partial charge on any atom is -0.381 e. The van der Waals surface area contributed by atoms with Crippen molar-refractivity contribution in [3.05, 3.63) is 35.4 Å². The Labute approximate surface area is 170 Å². The highest BCUT2D eigenvalue weighted by atomic mass is 16.5. The summed E-state index contributed by atoms with van der Waals surface area (Å²) in [5.41, 5.74) is 3.10. The molecular weight excluding hydrogens is 348 g/mol. The number of hydrogen-bond donors (Lipinski definition) is 1. The number of rotatable bonds is 4. The van der Waals surface area contributed by atoms with E-state index in [0.29, 0.717) is 11.5 Å². The van der Waals surface area contributed by atoms with E-state index in [1.54, 1.807) is 0 Å². The van der Waals surface area contributed by atoms with E-state index in [4.69, 9.17) is 4.74 Å². The molecule has 4 rings (SSSR count). The van der Waals surface area contributed by atoms with E-state index in [1.807, 2.05) is 7.05 Å². The van der Waals surface area contributed by atoms with Crippen molar-refractivity contribution in [1.82, 2.24) is 15.1 Å². The second-order valence-corrected chi connectivity index (χ2v) is 9.01. The Morgan fingerprint density at radius 2 is 2.00 bits per heavy atom. The average Bonchev–Trinajstić information content (AvgIpc) is 3.35. The van der Waals surface area contributed by atoms with Crippen molar-refractivity contribution in [3.8, 4) is 0 Å². The van der Waals surface area contributed by atoms with Crippen LogP contribution in [-0.2, 0) is 17.8 Å². The van der Waals surface area contributed by atoms with E-state index in [0.717, 1.165) is 45.4 Å². The molecule has 1 N–H and O–H groups in total. The van der Waals surface area contributed by atoms with E-state index in [-0.39, 0.29) is 0 Å². The van der Waals surface area contributed by atoms with Crippen molar-refractivity contribution in [2.75, 3.05) is 39.9 Å². The zero-order valence-electron chi connectivity index (χ0n) is 17.6. The molecule has 1 aromatic carbocycles. The minimum absolute atomic E-state index is 0.366. The van der Waals surface area contributed by atoms with Crippen molar-refractivity contribution in [2.24, 2.45) is 10.4 Å². The molecule has 0 aromatic heterocycles. The maximum absolute atomic E-state index is 5.66. The third kappa shape index (κ3) is 4.52. The van der Waals surface area contributed by atoms with Crippen molar-refractivity contribution in [3.63, 3.8) is 0 Å². The first-order valence-electron chi connectivity index (χ1n) is 11.0. The van der Waals surface area contributed by atoms with Crippen LogP contribution in [0.4, 0.5) is 0 Å². The average molecular weight is 385 g/mol. The monoisotopic (exact) mass is 384 g/mol. The third-order valence-electron chi connectivity index (χ3n) is 6.93. The fraction of sp³-hybridized carbons (Fsp3) is 0.696. The van der Waals surface area contributed by atoms with Gasteiger partial charge >= 0.3 is 0 Å². The summed E-state index contributed by atoms with van der Waals surface area (Å²) in [6.07, 6.45) is 6.48. The Kier molecular flexibility index (Phi) is 6.22. The van der Waals surface area contributed by atoms with Gasteiger partial charge in [-0.05, 0) is 50.3 Å². The molecule has 3 heterocycles. The molecule has 5 heteroatoms. The number of hydrogen-bond acceptors (Lipinski definition) is 3. The lowest BCUT2D eigenvalue weighted by atomic mass is 9.87. The molecule has 0 saturated carbocycles. The minimum atomic E-state index is 0.366. The molecule has 3 aliphatic heterocycles. The SMILES string of the molecule is CN=C(NCc1ccc(CN2CCCCC2C)cc1)N1CCC2(CCOC2)C1. The smallest absolute Gasteiger partial charge is 0.193 e. The highest BCUT2D eigenvalue weighted by molar-refractivity contribution is 5.80. The molecule has 1 aromatic rings. The highest BCUT2D eigenvalue weighted by Gasteiger charge is 2.42. The zero-order chi connectivity index (χ0) is 19.4. The molecule has 0 aliphatic carbocycles. The van der Waals surface area contributed by atoms with Gasteiger partial charge in [0.25, 0.3) is 0 Å². The topological polar surface area (TPSA) is 40.1 Å². The van der Waals surface area contributed by atoms with Gasteiger partial charge in [0.1, 0.15) is 0 Å². The summed E-state index contributed by atoms with van der Waals surface area (Å²) in [6.45, 7) is 9.49. The largest absolute Gasteiger partial charge is 0.381 e. The molecule has 0 bridgehead atoms. The van der Waals surface area contributed by atoms with E-state index >= 15 is 0 Å². The number of ether oxygens (including phenoxy) is 1. The molecule has 3 saturated heterocycles. The Morgan fingerprint density at radius 3 is 2.71 bits per heavy atom. The van der Waals surface area contributed by atoms with Crippen LogP contribution in [0, 0.1) is 5.41 Å². The Hall–Kier alpha value is -1.59. The molecular formula is C23H36N4O. The van der Waals surface area contributed by atoms with Gasteiger partial charge in [-0.3, -0.25) is 9.89 Å². The quantitative estimate of drug-likeness (QED) is 0.639. The molecule has 5 nitrogen and oxygen atoms in total. The maximum atomic E-state index is 5.66. The first-order chi connectivity index (χ1) is 13.7. The summed E-state index contributed by atoms with van der Waals surface area (Å²) in [6, 6.07) is 9.83. The molecule has 3 aliphatic rings. The molecule has 0 amide bonds. The zero-order valence-corrected chi connectivity index (χ0v) is 17.6. The summed E-state index contributed by atoms with van der Waals surface area (Å²) in [5.74, 6) is 1.02. The van der Waals surface area contributed by atoms with E-state index in [2.05, 4.69) is 51.3 Å². The fourth-order valence-electron chi connectivity index (χ4n) is 4.99. The predicted octanol–water partition coefficient (Wildman–Crippen LogP) is 3.25. The summed E-state index contributed by atoms with van der Waals surface area (Å²) >= 11 is 0. The van der Waals surface area contributed by atoms with Gasteiger partial charge in [0.2, 0.25) is 0 Å². The van der Waals surface area contributed by atoms with Crippen molar-refractivity contribution in [2.45, 2.75) is 58.2 Å². The maximum Gasteiger partial charge on any atom is 0.193 e. The molecule has 2 unspecified atom stereocenters. The Bertz CT molecular complexity index is 666. The van der Waals surface area contributed by atoms with Crippen LogP contribution in [-0.4, -0.2) is 61.7 Å². The fourth-order valence-corrected chi connectivity index (χ4v) is 4.99. The lowest BCUT2D eigenvalue weighted by molar-refractivity contribution is 0.152. The van der Waals surface area contributed by atoms with Gasteiger partial charge < -0.3 is 15.0 Å². The highest BCUT2D eigenvalue weighted by Crippen LogP contribution is 2.38. The standard InChI is InChI=1S/C23H36N4O/c1-19-5-3-4-12-26(19)16-21-8-6-20(7-9-21)15-25-22(24-2)27-13-10-23(17-27)11-14-28-18-23/h6-9,19H,3-5,10-18H2,1-2H3,(H,24,25). The Morgan fingerprint density at radius 1 is 1.18 bits per heavy atom. The van der Waals surface area contributed by atoms with Crippen LogP contribution >= 0.6 is 0 Å². The lowest BCUT2D eigenvalue weighted by Crippen LogP contribution is -2.41. The Balaban J connectivity index is 1.28. The van der Waals surface area contributed by atoms with Gasteiger partial charge in [0, 0.05) is 51.3 Å². The second-order valence-electron chi connectivity index (χ2n) is 9.01. The number of aliphatic imine (C=N–C) groups is 1. The number of nitrogens with zero attached hydrogens (tertiary/aromatic N) is 3. The number of benzene rings is 1. The summed E-state index contributed by atoms with van der Waals surface area (Å²) in [4.78, 5) is 9.55. The van der Waals surface area contributed by atoms with Gasteiger partial charge in [-0.2, -0.15) is 0 Å². The lowest BCUT2D eigenvalue weighted by Gasteiger charge is -2.33. The molecule has 1 spiro atoms. The van der Waals surface area contributed by atoms with Crippen LogP contribution in [0.15, 0.2) is 29.3 Å². The number of nitrogens with one attached hydrogen (secondary N) is 1. The first kappa shape index (κ1) is 19.7. The third-order valence-corrected chi connectivity index (χ3v) is 6.93. The van der Waals surface area contributed by atoms with E-state index in [1.165, 1.54) is 49.8 Å². The van der Waals surface area contributed by atoms with Gasteiger partial charge in [-0.1, -0.05) is 30.7 Å². The van der Waals surface area contributed by atoms with Gasteiger partial charge in [0.15, 0.2) is 5.96 Å². The van der Waals surface area contributed by atoms with Crippen molar-refractivity contribution < 1.29 is 4.74 Å². The number of piperidine rings is 1. The predicted molar refractivity (Wildman–Crippen MR) is 114 cm³/mol. The van der Waals surface area contributed by atoms with Crippen molar-refractivity contribution in [1.29, 1.82) is 0 Å². The van der Waals surface area contributed by atoms with Crippen LogP contribution in [0.5, 0.6) is 0 Å². The summed E-state index contributed by atoms with van der Waals surface area (Å²) < 4.78 is 5.66. The van der Waals surface area contributed by atoms with Crippen LogP contribution in [0.3, 0.4) is 0 Å². The normalized spacial score (nSPS) is 29.0. The van der Waals surface area contributed by atoms with Crippen LogP contribution in [0.1, 0.15) is 50.2 Å². The van der Waals surface area contributed by atoms with Crippen molar-refractivity contribution >= 4 is 5.96 Å². The van der Waals surface area contributed by atoms with Crippen LogP contribution in [0.25, 0.3) is 0 Å². The molecule has 3 fully saturated rings. The first-order valence-corrected chi connectivity index (χ1v) is 11.0. The van der Waals surface area contributed by atoms with E-state index < -0.39 is 0 Å². The van der Waals surface area contributed by atoms with Crippen LogP contribution < -0.4 is 5.32 Å². The second kappa shape index (κ2) is 8.83. The summed E-state index contributed by atoms with van der Waals surface area (Å²) in [5, 5.41) is 3.57. The van der Waals surface area contributed by atoms with Crippen LogP contribution in [0.2, 0.25) is 0 Å². The molecule has 2 atom stereocenters. The van der Waals surface area contributed by atoms with E-state index in [9.17, 15) is 0 Å². The number of guanidine groups is 1. The molecule has 154 valence electrons. The summed E-state index contributed by atoms with van der Waals surface area (Å²) in [7, 11) is 1.89. The van der Waals surface area contributed by atoms with Gasteiger partial charge in [0.05, 0.1) is 6.61 Å².